The molecule has 2 rings (SSSR count). The van der Waals surface area contributed by atoms with Gasteiger partial charge in [0.05, 0.1) is 0 Å². The van der Waals surface area contributed by atoms with Crippen molar-refractivity contribution in [1.82, 2.24) is 0 Å². The van der Waals surface area contributed by atoms with Gasteiger partial charge in [0, 0.05) is 10.4 Å². The Morgan fingerprint density at radius 3 is 2.67 bits per heavy atom. The van der Waals surface area contributed by atoms with Crippen LogP contribution in [-0.2, 0) is 0 Å². The predicted molar refractivity (Wildman–Crippen MR) is 63.0 cm³/mol. The number of benzene rings is 1. The average molecular weight is 217 g/mol. The molecule has 1 amide bonds. The first kappa shape index (κ1) is 9.93. The zero-order valence-corrected chi connectivity index (χ0v) is 9.17. The summed E-state index contributed by atoms with van der Waals surface area (Å²) >= 11 is 1.66. The minimum Gasteiger partial charge on any atom is -0.366 e. The van der Waals surface area contributed by atoms with Crippen LogP contribution < -0.4 is 5.73 Å². The third kappa shape index (κ3) is 1.78. The van der Waals surface area contributed by atoms with Gasteiger partial charge in [-0.1, -0.05) is 18.2 Å². The summed E-state index contributed by atoms with van der Waals surface area (Å²) in [7, 11) is 0. The highest BCUT2D eigenvalue weighted by Gasteiger charge is 2.09. The molecular formula is C12H11NOS. The zero-order chi connectivity index (χ0) is 10.8. The zero-order valence-electron chi connectivity index (χ0n) is 8.36. The molecule has 0 bridgehead atoms. The predicted octanol–water partition coefficient (Wildman–Crippen LogP) is 2.82. The van der Waals surface area contributed by atoms with Gasteiger partial charge in [-0.25, -0.2) is 0 Å². The van der Waals surface area contributed by atoms with Gasteiger partial charge in [-0.2, -0.15) is 0 Å². The second-order valence-electron chi connectivity index (χ2n) is 3.32. The third-order valence-corrected chi connectivity index (χ3v) is 3.29. The van der Waals surface area contributed by atoms with Crippen LogP contribution in [0, 0.1) is 6.92 Å². The molecule has 0 unspecified atom stereocenters. The van der Waals surface area contributed by atoms with Gasteiger partial charge in [0.25, 0.3) is 0 Å². The van der Waals surface area contributed by atoms with E-state index in [4.69, 9.17) is 5.73 Å². The first-order valence-corrected chi connectivity index (χ1v) is 5.51. The number of primary amides is 1. The van der Waals surface area contributed by atoms with E-state index in [-0.39, 0.29) is 5.91 Å². The Morgan fingerprint density at radius 2 is 2.07 bits per heavy atom. The van der Waals surface area contributed by atoms with Crippen molar-refractivity contribution in [3.63, 3.8) is 0 Å². The van der Waals surface area contributed by atoms with Gasteiger partial charge in [-0.15, -0.1) is 11.3 Å². The summed E-state index contributed by atoms with van der Waals surface area (Å²) in [5.74, 6) is -0.370. The van der Waals surface area contributed by atoms with Crippen LogP contribution in [0.5, 0.6) is 0 Å². The van der Waals surface area contributed by atoms with Crippen molar-refractivity contribution in [3.8, 4) is 10.4 Å². The lowest BCUT2D eigenvalue weighted by Crippen LogP contribution is -2.12. The molecule has 0 saturated carbocycles. The van der Waals surface area contributed by atoms with E-state index in [0.29, 0.717) is 5.56 Å². The van der Waals surface area contributed by atoms with Gasteiger partial charge >= 0.3 is 0 Å². The molecule has 3 heteroatoms. The number of rotatable bonds is 2. The first-order chi connectivity index (χ1) is 7.20. The second kappa shape index (κ2) is 3.87. The van der Waals surface area contributed by atoms with E-state index < -0.39 is 0 Å². The van der Waals surface area contributed by atoms with Crippen LogP contribution in [0.4, 0.5) is 0 Å². The lowest BCUT2D eigenvalue weighted by Gasteiger charge is -2.06. The topological polar surface area (TPSA) is 43.1 Å². The van der Waals surface area contributed by atoms with E-state index in [2.05, 4.69) is 0 Å². The second-order valence-corrected chi connectivity index (χ2v) is 4.27. The lowest BCUT2D eigenvalue weighted by atomic mass is 10.0. The molecular weight excluding hydrogens is 206 g/mol. The van der Waals surface area contributed by atoms with Crippen molar-refractivity contribution in [3.05, 3.63) is 46.8 Å². The molecule has 2 aromatic rings. The van der Waals surface area contributed by atoms with Crippen molar-refractivity contribution in [2.75, 3.05) is 0 Å². The Morgan fingerprint density at radius 1 is 1.27 bits per heavy atom. The maximum atomic E-state index is 11.2. The summed E-state index contributed by atoms with van der Waals surface area (Å²) in [6.07, 6.45) is 0. The molecule has 76 valence electrons. The maximum absolute atomic E-state index is 11.2. The van der Waals surface area contributed by atoms with Crippen LogP contribution in [0.1, 0.15) is 15.9 Å². The molecule has 0 fully saturated rings. The highest BCUT2D eigenvalue weighted by atomic mass is 32.1. The van der Waals surface area contributed by atoms with Gasteiger partial charge < -0.3 is 5.73 Å². The number of nitrogens with two attached hydrogens (primary N) is 1. The molecule has 2 nitrogen and oxygen atoms in total. The fourth-order valence-corrected chi connectivity index (χ4v) is 2.41. The first-order valence-electron chi connectivity index (χ1n) is 4.63. The van der Waals surface area contributed by atoms with Gasteiger partial charge in [0.1, 0.15) is 0 Å². The van der Waals surface area contributed by atoms with Crippen LogP contribution in [0.25, 0.3) is 10.4 Å². The molecule has 0 atom stereocenters. The average Bonchev–Trinajstić information content (AvgIpc) is 2.70. The Kier molecular flexibility index (Phi) is 2.56. The summed E-state index contributed by atoms with van der Waals surface area (Å²) in [4.78, 5) is 12.3. The number of amides is 1. The fraction of sp³-hybridized carbons (Fsp3) is 0.0833. The van der Waals surface area contributed by atoms with E-state index >= 15 is 0 Å². The van der Waals surface area contributed by atoms with E-state index in [1.54, 1.807) is 17.4 Å². The molecule has 1 aromatic carbocycles. The Bertz CT molecular complexity index is 488. The van der Waals surface area contributed by atoms with Crippen LogP contribution in [0.15, 0.2) is 35.7 Å². The van der Waals surface area contributed by atoms with Gasteiger partial charge in [-0.3, -0.25) is 4.79 Å². The molecule has 0 aliphatic rings. The SMILES string of the molecule is Cc1c(C(N)=O)cccc1-c1cccs1. The highest BCUT2D eigenvalue weighted by molar-refractivity contribution is 7.13. The van der Waals surface area contributed by atoms with Crippen molar-refractivity contribution in [2.45, 2.75) is 6.92 Å². The van der Waals surface area contributed by atoms with E-state index in [1.165, 1.54) is 0 Å². The third-order valence-electron chi connectivity index (χ3n) is 2.39. The molecule has 0 spiro atoms. The standard InChI is InChI=1S/C12H11NOS/c1-8-9(11-6-3-7-15-11)4-2-5-10(8)12(13)14/h2-7H,1H3,(H2,13,14). The smallest absolute Gasteiger partial charge is 0.248 e. The monoisotopic (exact) mass is 217 g/mol. The highest BCUT2D eigenvalue weighted by Crippen LogP contribution is 2.29. The van der Waals surface area contributed by atoms with E-state index in [0.717, 1.165) is 16.0 Å². The normalized spacial score (nSPS) is 10.2. The number of carbonyl (C=O) groups excluding carboxylic acids is 1. The number of hydrogen-bond acceptors (Lipinski definition) is 2. The van der Waals surface area contributed by atoms with Crippen molar-refractivity contribution in [1.29, 1.82) is 0 Å². The minimum atomic E-state index is -0.370. The van der Waals surface area contributed by atoms with Crippen LogP contribution >= 0.6 is 11.3 Å². The molecule has 0 saturated heterocycles. The van der Waals surface area contributed by atoms with E-state index in [9.17, 15) is 4.79 Å². The van der Waals surface area contributed by atoms with E-state index in [1.807, 2.05) is 36.6 Å². The summed E-state index contributed by atoms with van der Waals surface area (Å²) < 4.78 is 0. The van der Waals surface area contributed by atoms with Gasteiger partial charge in [0.15, 0.2) is 0 Å². The molecule has 1 heterocycles. The van der Waals surface area contributed by atoms with Gasteiger partial charge in [0.2, 0.25) is 5.91 Å². The summed E-state index contributed by atoms with van der Waals surface area (Å²) in [6.45, 7) is 1.93. The Labute approximate surface area is 92.4 Å². The lowest BCUT2D eigenvalue weighted by molar-refractivity contribution is 0.1000. The number of thiophene rings is 1. The Balaban J connectivity index is 2.59. The molecule has 0 aliphatic heterocycles. The van der Waals surface area contributed by atoms with Crippen LogP contribution in [-0.4, -0.2) is 5.91 Å². The quantitative estimate of drug-likeness (QED) is 0.825. The molecule has 1 aromatic heterocycles. The maximum Gasteiger partial charge on any atom is 0.248 e. The number of hydrogen-bond donors (Lipinski definition) is 1. The summed E-state index contributed by atoms with van der Waals surface area (Å²) in [6, 6.07) is 9.67. The van der Waals surface area contributed by atoms with Crippen molar-refractivity contribution >= 4 is 17.2 Å². The van der Waals surface area contributed by atoms with Crippen molar-refractivity contribution < 1.29 is 4.79 Å². The minimum absolute atomic E-state index is 0.370. The molecule has 0 radical (unpaired) electrons. The largest absolute Gasteiger partial charge is 0.366 e. The Hall–Kier alpha value is -1.61. The van der Waals surface area contributed by atoms with Gasteiger partial charge in [-0.05, 0) is 35.6 Å². The number of carbonyl (C=O) groups is 1. The van der Waals surface area contributed by atoms with Crippen molar-refractivity contribution in [2.24, 2.45) is 5.73 Å². The van der Waals surface area contributed by atoms with Crippen LogP contribution in [0.2, 0.25) is 0 Å². The van der Waals surface area contributed by atoms with Crippen LogP contribution in [0.3, 0.4) is 0 Å². The fourth-order valence-electron chi connectivity index (χ4n) is 1.60. The summed E-state index contributed by atoms with van der Waals surface area (Å²) in [5.41, 5.74) is 7.94. The molecule has 2 N–H and O–H groups in total. The molecule has 15 heavy (non-hydrogen) atoms. The molecule has 0 aliphatic carbocycles. The summed E-state index contributed by atoms with van der Waals surface area (Å²) in [5, 5.41) is 2.02.